The molecule has 1 rings (SSSR count). The molecule has 0 unspecified atom stereocenters. The summed E-state index contributed by atoms with van der Waals surface area (Å²) in [5, 5.41) is 0. The summed E-state index contributed by atoms with van der Waals surface area (Å²) >= 11 is 0. The van der Waals surface area contributed by atoms with E-state index in [1.807, 2.05) is 0 Å². The molecule has 0 aliphatic rings. The number of nitrogens with zero attached hydrogens (tertiary/aromatic N) is 1. The van der Waals surface area contributed by atoms with E-state index in [4.69, 9.17) is 5.84 Å². The molecule has 0 radical (unpaired) electrons. The zero-order valence-electron chi connectivity index (χ0n) is 6.45. The van der Waals surface area contributed by atoms with Crippen LogP contribution in [-0.4, -0.2) is 17.2 Å². The third-order valence-electron chi connectivity index (χ3n) is 1.37. The van der Waals surface area contributed by atoms with Crippen LogP contribution in [-0.2, 0) is 0 Å². The fourth-order valence-electron chi connectivity index (χ4n) is 0.791. The van der Waals surface area contributed by atoms with Crippen LogP contribution in [0.3, 0.4) is 0 Å². The molecule has 0 spiro atoms. The zero-order chi connectivity index (χ0) is 9.84. The van der Waals surface area contributed by atoms with Crippen molar-refractivity contribution < 1.29 is 14.0 Å². The molecule has 1 amide bonds. The molecule has 6 heteroatoms. The SMILES string of the molecule is NNC(=O)c1nc(F)ccc1C=O. The molecule has 0 fully saturated rings. The minimum absolute atomic E-state index is 0.00986. The maximum Gasteiger partial charge on any atom is 0.284 e. The summed E-state index contributed by atoms with van der Waals surface area (Å²) in [7, 11) is 0. The summed E-state index contributed by atoms with van der Waals surface area (Å²) in [4.78, 5) is 24.5. The number of halogens is 1. The number of hydrogen-bond acceptors (Lipinski definition) is 4. The second-order valence-corrected chi connectivity index (χ2v) is 2.16. The lowest BCUT2D eigenvalue weighted by Crippen LogP contribution is -2.31. The second kappa shape index (κ2) is 3.72. The van der Waals surface area contributed by atoms with Crippen LogP contribution in [0.2, 0.25) is 0 Å². The maximum atomic E-state index is 12.5. The van der Waals surface area contributed by atoms with Crippen molar-refractivity contribution in [3.05, 3.63) is 29.3 Å². The van der Waals surface area contributed by atoms with Crippen molar-refractivity contribution >= 4 is 12.2 Å². The molecule has 3 N–H and O–H groups in total. The van der Waals surface area contributed by atoms with Gasteiger partial charge in [0.1, 0.15) is 5.69 Å². The molecule has 13 heavy (non-hydrogen) atoms. The van der Waals surface area contributed by atoms with Crippen LogP contribution in [0.25, 0.3) is 0 Å². The quantitative estimate of drug-likeness (QED) is 0.215. The van der Waals surface area contributed by atoms with Gasteiger partial charge >= 0.3 is 0 Å². The molecule has 1 heterocycles. The zero-order valence-corrected chi connectivity index (χ0v) is 6.45. The van der Waals surface area contributed by atoms with E-state index >= 15 is 0 Å². The number of carbonyl (C=O) groups excluding carboxylic acids is 2. The predicted molar refractivity (Wildman–Crippen MR) is 41.2 cm³/mol. The minimum atomic E-state index is -0.843. The van der Waals surface area contributed by atoms with Gasteiger partial charge in [0, 0.05) is 5.56 Å². The first-order chi connectivity index (χ1) is 6.19. The highest BCUT2D eigenvalue weighted by molar-refractivity contribution is 5.99. The normalized spacial score (nSPS) is 9.38. The summed E-state index contributed by atoms with van der Waals surface area (Å²) < 4.78 is 12.5. The van der Waals surface area contributed by atoms with Gasteiger partial charge in [-0.1, -0.05) is 0 Å². The first kappa shape index (κ1) is 9.27. The first-order valence-corrected chi connectivity index (χ1v) is 3.31. The molecule has 68 valence electrons. The number of nitrogens with one attached hydrogen (secondary N) is 1. The monoisotopic (exact) mass is 183 g/mol. The fourth-order valence-corrected chi connectivity index (χ4v) is 0.791. The van der Waals surface area contributed by atoms with Gasteiger partial charge in [0.2, 0.25) is 5.95 Å². The summed E-state index contributed by atoms with van der Waals surface area (Å²) in [5.41, 5.74) is 1.42. The minimum Gasteiger partial charge on any atom is -0.298 e. The Labute approximate surface area is 72.7 Å². The number of hydrogen-bond donors (Lipinski definition) is 2. The number of hydrazine groups is 1. The Morgan fingerprint density at radius 3 is 2.85 bits per heavy atom. The van der Waals surface area contributed by atoms with Gasteiger partial charge in [-0.15, -0.1) is 0 Å². The maximum absolute atomic E-state index is 12.5. The van der Waals surface area contributed by atoms with Crippen molar-refractivity contribution in [1.29, 1.82) is 0 Å². The molecule has 0 aromatic carbocycles. The molecule has 0 atom stereocenters. The Bertz CT molecular complexity index is 354. The smallest absolute Gasteiger partial charge is 0.284 e. The highest BCUT2D eigenvalue weighted by Gasteiger charge is 2.12. The first-order valence-electron chi connectivity index (χ1n) is 3.31. The average Bonchev–Trinajstić information content (AvgIpc) is 2.16. The topological polar surface area (TPSA) is 85.1 Å². The number of nitrogens with two attached hydrogens (primary N) is 1. The number of amides is 1. The molecule has 1 aromatic heterocycles. The fraction of sp³-hybridized carbons (Fsp3) is 0. The van der Waals surface area contributed by atoms with Crippen LogP contribution in [0.15, 0.2) is 12.1 Å². The van der Waals surface area contributed by atoms with Gasteiger partial charge in [-0.2, -0.15) is 4.39 Å². The molecule has 0 saturated heterocycles. The van der Waals surface area contributed by atoms with Crippen molar-refractivity contribution in [2.45, 2.75) is 0 Å². The molecule has 0 saturated carbocycles. The molecular weight excluding hydrogens is 177 g/mol. The van der Waals surface area contributed by atoms with E-state index in [0.717, 1.165) is 12.1 Å². The van der Waals surface area contributed by atoms with Gasteiger partial charge in [0.05, 0.1) is 0 Å². The Morgan fingerprint density at radius 1 is 1.62 bits per heavy atom. The molecule has 0 aliphatic heterocycles. The molecule has 1 aromatic rings. The number of aldehydes is 1. The second-order valence-electron chi connectivity index (χ2n) is 2.16. The van der Waals surface area contributed by atoms with Crippen LogP contribution in [0.5, 0.6) is 0 Å². The van der Waals surface area contributed by atoms with Gasteiger partial charge in [0.15, 0.2) is 6.29 Å². The van der Waals surface area contributed by atoms with Crippen LogP contribution in [0, 0.1) is 5.95 Å². The Morgan fingerprint density at radius 2 is 2.31 bits per heavy atom. The lowest BCUT2D eigenvalue weighted by atomic mass is 10.2. The number of carbonyl (C=O) groups is 2. The largest absolute Gasteiger partial charge is 0.298 e. The van der Waals surface area contributed by atoms with E-state index in [2.05, 4.69) is 4.98 Å². The number of rotatable bonds is 2. The molecular formula is C7H6FN3O2. The summed E-state index contributed by atoms with van der Waals surface area (Å²) in [5.74, 6) is 3.15. The molecule has 0 bridgehead atoms. The lowest BCUT2D eigenvalue weighted by molar-refractivity contribution is 0.0941. The average molecular weight is 183 g/mol. The summed E-state index contributed by atoms with van der Waals surface area (Å²) in [6, 6.07) is 2.14. The van der Waals surface area contributed by atoms with Crippen LogP contribution < -0.4 is 11.3 Å². The van der Waals surface area contributed by atoms with Crippen LogP contribution in [0.1, 0.15) is 20.8 Å². The van der Waals surface area contributed by atoms with Crippen molar-refractivity contribution in [3.63, 3.8) is 0 Å². The van der Waals surface area contributed by atoms with Gasteiger partial charge in [-0.3, -0.25) is 15.0 Å². The standard InChI is InChI=1S/C7H6FN3O2/c8-5-2-1-4(3-12)6(10-5)7(13)11-9/h1-3H,9H2,(H,11,13). The van der Waals surface area contributed by atoms with E-state index in [-0.39, 0.29) is 11.3 Å². The number of aromatic nitrogens is 1. The van der Waals surface area contributed by atoms with Gasteiger partial charge < -0.3 is 0 Å². The highest BCUT2D eigenvalue weighted by Crippen LogP contribution is 2.04. The predicted octanol–water partition coefficient (Wildman–Crippen LogP) is -0.363. The van der Waals surface area contributed by atoms with Crippen LogP contribution in [0.4, 0.5) is 4.39 Å². The van der Waals surface area contributed by atoms with E-state index in [1.165, 1.54) is 0 Å². The summed E-state index contributed by atoms with van der Waals surface area (Å²) in [6.45, 7) is 0. The van der Waals surface area contributed by atoms with Gasteiger partial charge in [-0.05, 0) is 12.1 Å². The Balaban J connectivity index is 3.23. The van der Waals surface area contributed by atoms with Crippen molar-refractivity contribution in [2.75, 3.05) is 0 Å². The van der Waals surface area contributed by atoms with E-state index in [1.54, 1.807) is 5.43 Å². The van der Waals surface area contributed by atoms with E-state index in [9.17, 15) is 14.0 Å². The van der Waals surface area contributed by atoms with Crippen molar-refractivity contribution in [2.24, 2.45) is 5.84 Å². The van der Waals surface area contributed by atoms with Crippen molar-refractivity contribution in [3.8, 4) is 0 Å². The summed E-state index contributed by atoms with van der Waals surface area (Å²) in [6.07, 6.45) is 0.400. The number of nitrogen functional groups attached to an aromatic ring is 1. The van der Waals surface area contributed by atoms with Crippen LogP contribution >= 0.6 is 0 Å². The Hall–Kier alpha value is -1.82. The van der Waals surface area contributed by atoms with Crippen molar-refractivity contribution in [1.82, 2.24) is 10.4 Å². The van der Waals surface area contributed by atoms with Gasteiger partial charge in [0.25, 0.3) is 5.91 Å². The molecule has 0 aliphatic carbocycles. The Kier molecular flexibility index (Phi) is 2.65. The van der Waals surface area contributed by atoms with Gasteiger partial charge in [-0.25, -0.2) is 10.8 Å². The van der Waals surface area contributed by atoms with E-state index in [0.29, 0.717) is 6.29 Å². The molecule has 5 nitrogen and oxygen atoms in total. The third-order valence-corrected chi connectivity index (χ3v) is 1.37. The third kappa shape index (κ3) is 1.85. The lowest BCUT2D eigenvalue weighted by Gasteiger charge is -2.00. The van der Waals surface area contributed by atoms with E-state index < -0.39 is 11.9 Å². The number of pyridine rings is 1. The highest BCUT2D eigenvalue weighted by atomic mass is 19.1.